The Balaban J connectivity index is 0.00000177. The maximum atomic E-state index is 6.69. The third kappa shape index (κ3) is 4.65. The van der Waals surface area contributed by atoms with E-state index in [0.717, 1.165) is 39.5 Å². The lowest BCUT2D eigenvalue weighted by atomic mass is 9.74. The Morgan fingerprint density at radius 3 is 2.56 bits per heavy atom. The minimum atomic E-state index is -0.199. The maximum absolute atomic E-state index is 6.69. The van der Waals surface area contributed by atoms with Crippen LogP contribution < -0.4 is 16.4 Å². The van der Waals surface area contributed by atoms with Crippen LogP contribution in [-0.4, -0.2) is 9.55 Å². The van der Waals surface area contributed by atoms with Gasteiger partial charge in [-0.3, -0.25) is 4.98 Å². The molecular formula is C47H43N5. The molecule has 0 saturated heterocycles. The van der Waals surface area contributed by atoms with E-state index in [1.54, 1.807) is 0 Å². The zero-order chi connectivity index (χ0) is 35.7. The van der Waals surface area contributed by atoms with Gasteiger partial charge < -0.3 is 20.9 Å². The number of nitrogens with two attached hydrogens (primary N) is 1. The summed E-state index contributed by atoms with van der Waals surface area (Å²) in [4.78, 5) is 4.80. The molecule has 4 N–H and O–H groups in total. The highest BCUT2D eigenvalue weighted by atomic mass is 15.0. The summed E-state index contributed by atoms with van der Waals surface area (Å²) in [7, 11) is 0. The lowest BCUT2D eigenvalue weighted by Crippen LogP contribution is -2.28. The molecule has 0 amide bonds. The number of hydrogen-bond acceptors (Lipinski definition) is 4. The molecule has 10 rings (SSSR count). The van der Waals surface area contributed by atoms with Gasteiger partial charge in [-0.2, -0.15) is 0 Å². The Morgan fingerprint density at radius 2 is 1.69 bits per heavy atom. The van der Waals surface area contributed by atoms with E-state index in [9.17, 15) is 0 Å². The first-order chi connectivity index (χ1) is 25.4. The number of pyridine rings is 1. The number of para-hydroxylation sites is 1. The molecule has 4 aromatic carbocycles. The van der Waals surface area contributed by atoms with Gasteiger partial charge in [-0.05, 0) is 93.9 Å². The van der Waals surface area contributed by atoms with Crippen molar-refractivity contribution in [1.29, 1.82) is 0 Å². The molecule has 2 unspecified atom stereocenters. The fourth-order valence-corrected chi connectivity index (χ4v) is 8.58. The van der Waals surface area contributed by atoms with Crippen molar-refractivity contribution in [2.24, 2.45) is 0 Å². The lowest BCUT2D eigenvalue weighted by Gasteiger charge is -2.35. The monoisotopic (exact) mass is 677 g/mol. The molecule has 3 aliphatic heterocycles. The van der Waals surface area contributed by atoms with E-state index in [-0.39, 0.29) is 17.5 Å². The number of nitrogen functional groups attached to an aromatic ring is 1. The molecule has 52 heavy (non-hydrogen) atoms. The predicted molar refractivity (Wildman–Crippen MR) is 220 cm³/mol. The van der Waals surface area contributed by atoms with Crippen LogP contribution in [0.25, 0.3) is 51.4 Å². The van der Waals surface area contributed by atoms with Crippen molar-refractivity contribution in [3.8, 4) is 5.69 Å². The Kier molecular flexibility index (Phi) is 7.37. The first-order valence-corrected chi connectivity index (χ1v) is 18.4. The SMILES string of the molecule is C/C=C\c1ccc2c(c1N)NC(c1ccc3c(c1)c1cc(C4=CC=C5C=Cc6cccnc6C5N4)cc4c1n3-c1ccccc1C4(C)C)C=C2.CC. The van der Waals surface area contributed by atoms with Crippen LogP contribution in [0.1, 0.15) is 91.3 Å². The summed E-state index contributed by atoms with van der Waals surface area (Å²) < 4.78 is 2.49. The quantitative estimate of drug-likeness (QED) is 0.163. The van der Waals surface area contributed by atoms with Gasteiger partial charge in [0.05, 0.1) is 45.9 Å². The Morgan fingerprint density at radius 1 is 0.827 bits per heavy atom. The highest BCUT2D eigenvalue weighted by molar-refractivity contribution is 6.13. The van der Waals surface area contributed by atoms with E-state index < -0.39 is 0 Å². The number of anilines is 2. The number of rotatable bonds is 3. The molecule has 5 heterocycles. The number of hydrogen-bond donors (Lipinski definition) is 3. The molecule has 0 spiro atoms. The fraction of sp³-hybridized carbons (Fsp3) is 0.170. The molecule has 6 aromatic rings. The summed E-state index contributed by atoms with van der Waals surface area (Å²) in [6, 6.07) is 29.0. The summed E-state index contributed by atoms with van der Waals surface area (Å²) in [6.07, 6.45) is 19.3. The third-order valence-corrected chi connectivity index (χ3v) is 11.1. The van der Waals surface area contributed by atoms with Gasteiger partial charge in [0.25, 0.3) is 0 Å². The molecule has 4 aliphatic rings. The molecule has 0 fully saturated rings. The smallest absolute Gasteiger partial charge is 0.0946 e. The second kappa shape index (κ2) is 12.0. The zero-order valence-electron chi connectivity index (χ0n) is 30.3. The minimum Gasteiger partial charge on any atom is -0.397 e. The van der Waals surface area contributed by atoms with Crippen LogP contribution in [0.2, 0.25) is 0 Å². The van der Waals surface area contributed by atoms with E-state index in [1.807, 2.05) is 39.1 Å². The van der Waals surface area contributed by atoms with Gasteiger partial charge in [0, 0.05) is 28.1 Å². The Labute approximate surface area is 305 Å². The van der Waals surface area contributed by atoms with Crippen LogP contribution in [0, 0.1) is 0 Å². The summed E-state index contributed by atoms with van der Waals surface area (Å²) in [5.41, 5.74) is 23.8. The molecule has 0 radical (unpaired) electrons. The first-order valence-electron chi connectivity index (χ1n) is 18.4. The van der Waals surface area contributed by atoms with Gasteiger partial charge in [0.1, 0.15) is 0 Å². The summed E-state index contributed by atoms with van der Waals surface area (Å²) >= 11 is 0. The van der Waals surface area contributed by atoms with Crippen LogP contribution in [0.15, 0.2) is 121 Å². The van der Waals surface area contributed by atoms with Crippen molar-refractivity contribution < 1.29 is 0 Å². The molecular weight excluding hydrogens is 635 g/mol. The van der Waals surface area contributed by atoms with Crippen molar-refractivity contribution >= 4 is 57.1 Å². The maximum Gasteiger partial charge on any atom is 0.0946 e. The number of aromatic nitrogens is 2. The third-order valence-electron chi connectivity index (χ3n) is 11.1. The zero-order valence-corrected chi connectivity index (χ0v) is 30.3. The number of fused-ring (bicyclic) bond motifs is 9. The summed E-state index contributed by atoms with van der Waals surface area (Å²) in [5, 5.41) is 10.2. The van der Waals surface area contributed by atoms with Crippen LogP contribution in [0.4, 0.5) is 11.4 Å². The minimum absolute atomic E-state index is 0.0110. The average Bonchev–Trinajstić information content (AvgIpc) is 3.52. The largest absolute Gasteiger partial charge is 0.397 e. The van der Waals surface area contributed by atoms with Crippen molar-refractivity contribution in [2.45, 2.75) is 52.1 Å². The second-order valence-corrected chi connectivity index (χ2v) is 14.3. The number of nitrogens with zero attached hydrogens (tertiary/aromatic N) is 2. The predicted octanol–water partition coefficient (Wildman–Crippen LogP) is 11.3. The number of allylic oxidation sites excluding steroid dienone is 3. The fourth-order valence-electron chi connectivity index (χ4n) is 8.58. The van der Waals surface area contributed by atoms with Crippen molar-refractivity contribution in [3.63, 3.8) is 0 Å². The van der Waals surface area contributed by atoms with E-state index >= 15 is 0 Å². The van der Waals surface area contributed by atoms with Gasteiger partial charge in [-0.25, -0.2) is 0 Å². The van der Waals surface area contributed by atoms with Crippen LogP contribution >= 0.6 is 0 Å². The van der Waals surface area contributed by atoms with Crippen molar-refractivity contribution in [2.75, 3.05) is 11.1 Å². The summed E-state index contributed by atoms with van der Waals surface area (Å²) in [5.74, 6) is 0. The normalized spacial score (nSPS) is 18.6. The molecule has 1 aliphatic carbocycles. The first kappa shape index (κ1) is 31.9. The van der Waals surface area contributed by atoms with Gasteiger partial charge in [0.2, 0.25) is 0 Å². The molecule has 2 atom stereocenters. The Bertz CT molecular complexity index is 2610. The second-order valence-electron chi connectivity index (χ2n) is 14.3. The van der Waals surface area contributed by atoms with Crippen LogP contribution in [0.3, 0.4) is 0 Å². The van der Waals surface area contributed by atoms with Crippen molar-refractivity contribution in [3.05, 3.63) is 166 Å². The van der Waals surface area contributed by atoms with Crippen LogP contribution in [-0.2, 0) is 5.41 Å². The number of benzene rings is 4. The molecule has 5 heteroatoms. The summed E-state index contributed by atoms with van der Waals surface area (Å²) in [6.45, 7) is 10.8. The highest BCUT2D eigenvalue weighted by Gasteiger charge is 2.36. The lowest BCUT2D eigenvalue weighted by molar-refractivity contribution is 0.629. The van der Waals surface area contributed by atoms with E-state index in [0.29, 0.717) is 0 Å². The number of dihydropyridines is 1. The Hall–Kier alpha value is -6.07. The standard InChI is InChI=1S/C45H37N5.C2H6/c1-4-8-26-12-13-28-16-19-36(48-41(28)40(26)46)30-18-21-38-32(23-30)33-24-31(25-35-44(33)50(38)39-11-6-5-10-34(39)45(35,2)3)37-20-17-29-15-14-27-9-7-22-47-42(27)43(29)49-37;1-2/h4-25,36,43,48-49H,46H2,1-3H3;1-2H3/b8-4-;. The van der Waals surface area contributed by atoms with Crippen LogP contribution in [0.5, 0.6) is 0 Å². The van der Waals surface area contributed by atoms with E-state index in [1.165, 1.54) is 55.3 Å². The van der Waals surface area contributed by atoms with E-state index in [4.69, 9.17) is 10.7 Å². The van der Waals surface area contributed by atoms with Gasteiger partial charge >= 0.3 is 0 Å². The average molecular weight is 678 g/mol. The van der Waals surface area contributed by atoms with Gasteiger partial charge in [0.15, 0.2) is 0 Å². The van der Waals surface area contributed by atoms with Gasteiger partial charge in [-0.15, -0.1) is 0 Å². The van der Waals surface area contributed by atoms with Crippen molar-refractivity contribution in [1.82, 2.24) is 14.9 Å². The van der Waals surface area contributed by atoms with E-state index in [2.05, 4.69) is 144 Å². The molecule has 0 bridgehead atoms. The molecule has 2 aromatic heterocycles. The molecule has 256 valence electrons. The molecule has 5 nitrogen and oxygen atoms in total. The highest BCUT2D eigenvalue weighted by Crippen LogP contribution is 2.49. The van der Waals surface area contributed by atoms with Gasteiger partial charge in [-0.1, -0.05) is 113 Å². The number of nitrogens with one attached hydrogen (secondary N) is 2. The topological polar surface area (TPSA) is 67.9 Å². The molecule has 0 saturated carbocycles.